The van der Waals surface area contributed by atoms with Crippen molar-refractivity contribution in [3.8, 4) is 0 Å². The highest BCUT2D eigenvalue weighted by Gasteiger charge is 2.09. The highest BCUT2D eigenvalue weighted by molar-refractivity contribution is 9.10. The number of H-pyrrole nitrogens is 1. The molecule has 0 unspecified atom stereocenters. The van der Waals surface area contributed by atoms with Crippen molar-refractivity contribution in [3.63, 3.8) is 0 Å². The molecule has 0 aliphatic carbocycles. The summed E-state index contributed by atoms with van der Waals surface area (Å²) >= 11 is 2.96. The second-order valence-electron chi connectivity index (χ2n) is 4.46. The van der Waals surface area contributed by atoms with Crippen molar-refractivity contribution in [3.05, 3.63) is 64.3 Å². The van der Waals surface area contributed by atoms with Gasteiger partial charge in [0.05, 0.1) is 15.7 Å². The maximum atomic E-state index is 13.7. The Morgan fingerprint density at radius 3 is 2.80 bits per heavy atom. The van der Waals surface area contributed by atoms with Crippen LogP contribution in [0.3, 0.4) is 0 Å². The molecule has 0 aliphatic rings. The third-order valence-electron chi connectivity index (χ3n) is 3.15. The van der Waals surface area contributed by atoms with Gasteiger partial charge in [0.15, 0.2) is 0 Å². The zero-order valence-corrected chi connectivity index (χ0v) is 12.0. The molecule has 20 heavy (non-hydrogen) atoms. The minimum atomic E-state index is -0.494. The predicted octanol–water partition coefficient (Wildman–Crippen LogP) is 4.82. The summed E-state index contributed by atoms with van der Waals surface area (Å²) in [5.74, 6) is -0.982. The highest BCUT2D eigenvalue weighted by atomic mass is 79.9. The minimum Gasteiger partial charge on any atom is -0.378 e. The normalized spacial score (nSPS) is 10.9. The molecule has 0 fully saturated rings. The van der Waals surface area contributed by atoms with Crippen LogP contribution >= 0.6 is 15.9 Å². The molecule has 0 radical (unpaired) electrons. The molecule has 1 heterocycles. The van der Waals surface area contributed by atoms with Crippen molar-refractivity contribution in [2.24, 2.45) is 0 Å². The Balaban J connectivity index is 1.86. The number of benzene rings is 2. The lowest BCUT2D eigenvalue weighted by Gasteiger charge is -2.09. The number of hydrogen-bond donors (Lipinski definition) is 2. The molecule has 0 atom stereocenters. The zero-order valence-electron chi connectivity index (χ0n) is 10.4. The Kier molecular flexibility index (Phi) is 3.44. The van der Waals surface area contributed by atoms with Crippen LogP contribution in [0.4, 0.5) is 14.5 Å². The lowest BCUT2D eigenvalue weighted by atomic mass is 10.1. The number of rotatable bonds is 3. The van der Waals surface area contributed by atoms with Crippen molar-refractivity contribution < 1.29 is 8.78 Å². The van der Waals surface area contributed by atoms with Crippen LogP contribution in [0.5, 0.6) is 0 Å². The molecule has 2 aromatic carbocycles. The molecule has 102 valence electrons. The second kappa shape index (κ2) is 5.25. The van der Waals surface area contributed by atoms with E-state index < -0.39 is 11.6 Å². The van der Waals surface area contributed by atoms with Crippen LogP contribution in [-0.2, 0) is 6.54 Å². The van der Waals surface area contributed by atoms with Gasteiger partial charge in [-0.05, 0) is 39.0 Å². The number of aromatic amines is 1. The monoisotopic (exact) mass is 336 g/mol. The molecule has 0 aliphatic heterocycles. The van der Waals surface area contributed by atoms with E-state index in [1.54, 1.807) is 0 Å². The van der Waals surface area contributed by atoms with Gasteiger partial charge in [-0.25, -0.2) is 8.78 Å². The van der Waals surface area contributed by atoms with Crippen LogP contribution < -0.4 is 5.32 Å². The van der Waals surface area contributed by atoms with Gasteiger partial charge < -0.3 is 10.3 Å². The molecule has 1 aromatic heterocycles. The Labute approximate surface area is 122 Å². The molecule has 0 bridgehead atoms. The maximum Gasteiger partial charge on any atom is 0.147 e. The molecular weight excluding hydrogens is 326 g/mol. The molecule has 0 amide bonds. The highest BCUT2D eigenvalue weighted by Crippen LogP contribution is 2.24. The average molecular weight is 337 g/mol. The Hall–Kier alpha value is -1.88. The van der Waals surface area contributed by atoms with Gasteiger partial charge in [0.2, 0.25) is 0 Å². The summed E-state index contributed by atoms with van der Waals surface area (Å²) in [6.45, 7) is 0.413. The first-order valence-corrected chi connectivity index (χ1v) is 6.88. The summed E-state index contributed by atoms with van der Waals surface area (Å²) in [5.41, 5.74) is 2.14. The number of halogens is 3. The molecule has 3 aromatic rings. The fourth-order valence-electron chi connectivity index (χ4n) is 2.15. The van der Waals surface area contributed by atoms with Gasteiger partial charge in [0, 0.05) is 18.8 Å². The Bertz CT molecular complexity index is 768. The summed E-state index contributed by atoms with van der Waals surface area (Å²) in [5, 5.41) is 4.01. The first-order chi connectivity index (χ1) is 9.65. The van der Waals surface area contributed by atoms with Gasteiger partial charge in [-0.2, -0.15) is 0 Å². The van der Waals surface area contributed by atoms with E-state index in [9.17, 15) is 8.78 Å². The van der Waals surface area contributed by atoms with Crippen LogP contribution in [-0.4, -0.2) is 4.98 Å². The van der Waals surface area contributed by atoms with Gasteiger partial charge >= 0.3 is 0 Å². The number of para-hydroxylation sites is 1. The number of anilines is 1. The van der Waals surface area contributed by atoms with Crippen LogP contribution in [0, 0.1) is 11.6 Å². The average Bonchev–Trinajstić information content (AvgIpc) is 2.90. The van der Waals surface area contributed by atoms with Crippen LogP contribution in [0.1, 0.15) is 5.56 Å². The van der Waals surface area contributed by atoms with Crippen molar-refractivity contribution in [1.82, 2.24) is 4.98 Å². The minimum absolute atomic E-state index is 0.118. The van der Waals surface area contributed by atoms with E-state index in [0.29, 0.717) is 6.54 Å². The van der Waals surface area contributed by atoms with Gasteiger partial charge in [-0.3, -0.25) is 0 Å². The largest absolute Gasteiger partial charge is 0.378 e. The quantitative estimate of drug-likeness (QED) is 0.659. The fraction of sp³-hybridized carbons (Fsp3) is 0.0667. The SMILES string of the molecule is Fc1cc(NCc2cccc3cc[nH]c23)c(F)cc1Br. The van der Waals surface area contributed by atoms with Crippen LogP contribution in [0.15, 0.2) is 47.1 Å². The van der Waals surface area contributed by atoms with Gasteiger partial charge in [0.25, 0.3) is 0 Å². The predicted molar refractivity (Wildman–Crippen MR) is 79.7 cm³/mol. The van der Waals surface area contributed by atoms with E-state index in [2.05, 4.69) is 26.2 Å². The topological polar surface area (TPSA) is 27.8 Å². The van der Waals surface area contributed by atoms with Gasteiger partial charge in [-0.1, -0.05) is 18.2 Å². The first kappa shape index (κ1) is 13.1. The smallest absolute Gasteiger partial charge is 0.147 e. The summed E-state index contributed by atoms with van der Waals surface area (Å²) in [7, 11) is 0. The van der Waals surface area contributed by atoms with E-state index in [1.165, 1.54) is 0 Å². The maximum absolute atomic E-state index is 13.7. The van der Waals surface area contributed by atoms with E-state index in [0.717, 1.165) is 28.6 Å². The van der Waals surface area contributed by atoms with E-state index in [-0.39, 0.29) is 10.2 Å². The van der Waals surface area contributed by atoms with Crippen molar-refractivity contribution >= 4 is 32.5 Å². The summed E-state index contributed by atoms with van der Waals surface area (Å²) in [4.78, 5) is 3.14. The van der Waals surface area contributed by atoms with Gasteiger partial charge in [0.1, 0.15) is 11.6 Å². The molecule has 5 heteroatoms. The van der Waals surface area contributed by atoms with Crippen molar-refractivity contribution in [1.29, 1.82) is 0 Å². The molecule has 2 N–H and O–H groups in total. The molecule has 0 saturated carbocycles. The van der Waals surface area contributed by atoms with Crippen LogP contribution in [0.25, 0.3) is 10.9 Å². The number of hydrogen-bond acceptors (Lipinski definition) is 1. The van der Waals surface area contributed by atoms with E-state index >= 15 is 0 Å². The van der Waals surface area contributed by atoms with E-state index in [4.69, 9.17) is 0 Å². The van der Waals surface area contributed by atoms with Gasteiger partial charge in [-0.15, -0.1) is 0 Å². The lowest BCUT2D eigenvalue weighted by Crippen LogP contribution is -2.03. The lowest BCUT2D eigenvalue weighted by molar-refractivity contribution is 0.596. The fourth-order valence-corrected chi connectivity index (χ4v) is 2.46. The first-order valence-electron chi connectivity index (χ1n) is 6.08. The molecule has 0 spiro atoms. The second-order valence-corrected chi connectivity index (χ2v) is 5.31. The molecule has 0 saturated heterocycles. The summed E-state index contributed by atoms with van der Waals surface area (Å²) in [6.07, 6.45) is 1.86. The molecular formula is C15H11BrF2N2. The van der Waals surface area contributed by atoms with E-state index in [1.807, 2.05) is 30.5 Å². The summed E-state index contributed by atoms with van der Waals surface area (Å²) < 4.78 is 27.3. The standard InChI is InChI=1S/C15H11BrF2N2/c16-11-6-13(18)14(7-12(11)17)20-8-10-3-1-2-9-4-5-19-15(9)10/h1-7,19-20H,8H2. The molecule has 3 rings (SSSR count). The van der Waals surface area contributed by atoms with Crippen molar-refractivity contribution in [2.75, 3.05) is 5.32 Å². The Morgan fingerprint density at radius 2 is 1.95 bits per heavy atom. The third kappa shape index (κ3) is 2.41. The third-order valence-corrected chi connectivity index (χ3v) is 3.76. The number of fused-ring (bicyclic) bond motifs is 1. The zero-order chi connectivity index (χ0) is 14.1. The Morgan fingerprint density at radius 1 is 1.10 bits per heavy atom. The van der Waals surface area contributed by atoms with Crippen LogP contribution in [0.2, 0.25) is 0 Å². The molecule has 2 nitrogen and oxygen atoms in total. The number of aromatic nitrogens is 1. The van der Waals surface area contributed by atoms with Crippen molar-refractivity contribution in [2.45, 2.75) is 6.54 Å². The number of nitrogens with one attached hydrogen (secondary N) is 2. The summed E-state index contributed by atoms with van der Waals surface area (Å²) in [6, 6.07) is 10.1.